The summed E-state index contributed by atoms with van der Waals surface area (Å²) in [6.45, 7) is 6.61. The fraction of sp³-hybridized carbons (Fsp3) is 0.692. The lowest BCUT2D eigenvalue weighted by Crippen LogP contribution is -2.53. The Bertz CT molecular complexity index is 480. The molecule has 0 aromatic carbocycles. The van der Waals surface area contributed by atoms with Crippen molar-refractivity contribution in [3.05, 3.63) is 18.2 Å². The highest BCUT2D eigenvalue weighted by atomic mass is 16.5. The lowest BCUT2D eigenvalue weighted by Gasteiger charge is -2.38. The number of hydrogen-bond donors (Lipinski definition) is 3. The van der Waals surface area contributed by atoms with Crippen LogP contribution < -0.4 is 5.46 Å². The van der Waals surface area contributed by atoms with Gasteiger partial charge in [0.05, 0.1) is 11.2 Å². The second-order valence-corrected chi connectivity index (χ2v) is 6.41. The standard InChI is InChI=1S/C13H21BN2O4/c1-11(2,17)12(3,4)20-14(19)9-7-15-10(16-8-9)13(18)5-6-13/h7-8,17-19H,5-6H2,1-4H3. The third-order valence-electron chi connectivity index (χ3n) is 3.98. The van der Waals surface area contributed by atoms with Crippen molar-refractivity contribution in [1.82, 2.24) is 9.97 Å². The van der Waals surface area contributed by atoms with Crippen LogP contribution in [0.25, 0.3) is 0 Å². The first kappa shape index (κ1) is 15.4. The molecular weight excluding hydrogens is 259 g/mol. The van der Waals surface area contributed by atoms with Crippen LogP contribution >= 0.6 is 0 Å². The summed E-state index contributed by atoms with van der Waals surface area (Å²) in [7, 11) is -1.24. The smallest absolute Gasteiger partial charge is 0.423 e. The van der Waals surface area contributed by atoms with Crippen molar-refractivity contribution in [2.75, 3.05) is 0 Å². The van der Waals surface area contributed by atoms with Crippen molar-refractivity contribution in [2.24, 2.45) is 0 Å². The number of aliphatic hydroxyl groups is 2. The summed E-state index contributed by atoms with van der Waals surface area (Å²) in [6.07, 6.45) is 4.20. The van der Waals surface area contributed by atoms with E-state index in [0.29, 0.717) is 24.1 Å². The molecule has 1 heterocycles. The zero-order valence-electron chi connectivity index (χ0n) is 12.3. The minimum atomic E-state index is -1.24. The highest BCUT2D eigenvalue weighted by molar-refractivity contribution is 6.59. The molecule has 0 radical (unpaired) electrons. The van der Waals surface area contributed by atoms with Crippen LogP contribution in [0.5, 0.6) is 0 Å². The van der Waals surface area contributed by atoms with E-state index in [2.05, 4.69) is 9.97 Å². The minimum Gasteiger partial charge on any atom is -0.423 e. The average Bonchev–Trinajstić information content (AvgIpc) is 3.07. The van der Waals surface area contributed by atoms with E-state index in [-0.39, 0.29) is 0 Å². The summed E-state index contributed by atoms with van der Waals surface area (Å²) in [4.78, 5) is 8.12. The van der Waals surface area contributed by atoms with Crippen molar-refractivity contribution >= 4 is 12.6 Å². The van der Waals surface area contributed by atoms with Crippen LogP contribution in [-0.4, -0.2) is 43.5 Å². The molecule has 20 heavy (non-hydrogen) atoms. The quantitative estimate of drug-likeness (QED) is 0.642. The number of hydrogen-bond acceptors (Lipinski definition) is 6. The molecule has 1 aliphatic rings. The predicted molar refractivity (Wildman–Crippen MR) is 74.2 cm³/mol. The van der Waals surface area contributed by atoms with E-state index in [1.54, 1.807) is 27.7 Å². The van der Waals surface area contributed by atoms with Crippen molar-refractivity contribution in [3.8, 4) is 0 Å². The summed E-state index contributed by atoms with van der Waals surface area (Å²) < 4.78 is 5.49. The number of rotatable bonds is 5. The molecule has 0 spiro atoms. The Morgan fingerprint density at radius 3 is 2.10 bits per heavy atom. The molecule has 0 unspecified atom stereocenters. The Balaban J connectivity index is 2.08. The topological polar surface area (TPSA) is 95.7 Å². The van der Waals surface area contributed by atoms with Gasteiger partial charge in [0.15, 0.2) is 5.82 Å². The monoisotopic (exact) mass is 280 g/mol. The van der Waals surface area contributed by atoms with Crippen LogP contribution in [0.2, 0.25) is 0 Å². The van der Waals surface area contributed by atoms with Gasteiger partial charge in [0.25, 0.3) is 0 Å². The van der Waals surface area contributed by atoms with Gasteiger partial charge < -0.3 is 19.9 Å². The van der Waals surface area contributed by atoms with Gasteiger partial charge in [-0.25, -0.2) is 9.97 Å². The predicted octanol–water partition coefficient (Wildman–Crippen LogP) is -0.288. The first-order valence-electron chi connectivity index (χ1n) is 6.68. The van der Waals surface area contributed by atoms with Gasteiger partial charge >= 0.3 is 7.12 Å². The molecule has 0 aliphatic heterocycles. The molecule has 0 saturated heterocycles. The fourth-order valence-electron chi connectivity index (χ4n) is 1.54. The molecule has 2 rings (SSSR count). The highest BCUT2D eigenvalue weighted by Crippen LogP contribution is 2.42. The van der Waals surface area contributed by atoms with Crippen LogP contribution in [0, 0.1) is 0 Å². The molecule has 1 aliphatic carbocycles. The largest absolute Gasteiger partial charge is 0.494 e. The molecule has 0 atom stereocenters. The normalized spacial score (nSPS) is 17.9. The van der Waals surface area contributed by atoms with Crippen molar-refractivity contribution in [2.45, 2.75) is 57.3 Å². The molecule has 0 bridgehead atoms. The first-order chi connectivity index (χ1) is 9.05. The second-order valence-electron chi connectivity index (χ2n) is 6.41. The van der Waals surface area contributed by atoms with E-state index in [1.807, 2.05) is 0 Å². The van der Waals surface area contributed by atoms with Gasteiger partial charge in [-0.1, -0.05) is 0 Å². The lowest BCUT2D eigenvalue weighted by molar-refractivity contribution is -0.0982. The summed E-state index contributed by atoms with van der Waals surface area (Å²) in [5.74, 6) is 0.371. The zero-order valence-corrected chi connectivity index (χ0v) is 12.3. The van der Waals surface area contributed by atoms with Gasteiger partial charge in [0.1, 0.15) is 5.60 Å². The molecule has 110 valence electrons. The maximum absolute atomic E-state index is 10.1. The Morgan fingerprint density at radius 2 is 1.70 bits per heavy atom. The molecule has 7 heteroatoms. The van der Waals surface area contributed by atoms with Crippen molar-refractivity contribution < 1.29 is 19.9 Å². The summed E-state index contributed by atoms with van der Waals surface area (Å²) in [5.41, 5.74) is -2.57. The van der Waals surface area contributed by atoms with E-state index in [1.165, 1.54) is 12.4 Å². The van der Waals surface area contributed by atoms with Gasteiger partial charge in [-0.05, 0) is 40.5 Å². The van der Waals surface area contributed by atoms with Crippen molar-refractivity contribution in [3.63, 3.8) is 0 Å². The molecule has 3 N–H and O–H groups in total. The summed E-state index contributed by atoms with van der Waals surface area (Å²) in [5, 5.41) is 29.9. The fourth-order valence-corrected chi connectivity index (χ4v) is 1.54. The van der Waals surface area contributed by atoms with Gasteiger partial charge in [-0.15, -0.1) is 0 Å². The molecule has 1 fully saturated rings. The van der Waals surface area contributed by atoms with Crippen LogP contribution in [0.4, 0.5) is 0 Å². The molecule has 1 aromatic heterocycles. The third kappa shape index (κ3) is 3.01. The van der Waals surface area contributed by atoms with Gasteiger partial charge in [-0.2, -0.15) is 0 Å². The molecule has 1 aromatic rings. The third-order valence-corrected chi connectivity index (χ3v) is 3.98. The van der Waals surface area contributed by atoms with Crippen molar-refractivity contribution in [1.29, 1.82) is 0 Å². The van der Waals surface area contributed by atoms with E-state index in [9.17, 15) is 15.2 Å². The molecule has 6 nitrogen and oxygen atoms in total. The number of nitrogens with zero attached hydrogens (tertiary/aromatic N) is 2. The Kier molecular flexibility index (Phi) is 3.67. The van der Waals surface area contributed by atoms with Crippen LogP contribution in [0.3, 0.4) is 0 Å². The average molecular weight is 280 g/mol. The van der Waals surface area contributed by atoms with E-state index < -0.39 is 23.9 Å². The first-order valence-corrected chi connectivity index (χ1v) is 6.68. The SMILES string of the molecule is CC(C)(O)C(C)(C)OB(O)c1cnc(C2(O)CC2)nc1. The van der Waals surface area contributed by atoms with E-state index >= 15 is 0 Å². The van der Waals surface area contributed by atoms with Gasteiger partial charge in [-0.3, -0.25) is 0 Å². The minimum absolute atomic E-state index is 0.371. The molecular formula is C13H21BN2O4. The van der Waals surface area contributed by atoms with Gasteiger partial charge in [0, 0.05) is 17.9 Å². The maximum atomic E-state index is 10.1. The second kappa shape index (κ2) is 4.77. The molecule has 0 amide bonds. The van der Waals surface area contributed by atoms with Crippen LogP contribution in [-0.2, 0) is 10.3 Å². The lowest BCUT2D eigenvalue weighted by atomic mass is 9.78. The summed E-state index contributed by atoms with van der Waals surface area (Å²) >= 11 is 0. The number of aromatic nitrogens is 2. The Morgan fingerprint density at radius 1 is 1.20 bits per heavy atom. The van der Waals surface area contributed by atoms with Gasteiger partial charge in [0.2, 0.25) is 0 Å². The van der Waals surface area contributed by atoms with Crippen LogP contribution in [0.15, 0.2) is 12.4 Å². The van der Waals surface area contributed by atoms with Crippen LogP contribution in [0.1, 0.15) is 46.4 Å². The van der Waals surface area contributed by atoms with E-state index in [4.69, 9.17) is 4.65 Å². The highest BCUT2D eigenvalue weighted by Gasteiger charge is 2.45. The zero-order chi connectivity index (χ0) is 15.2. The maximum Gasteiger partial charge on any atom is 0.494 e. The molecule has 1 saturated carbocycles. The summed E-state index contributed by atoms with van der Waals surface area (Å²) in [6, 6.07) is 0. The Hall–Kier alpha value is -1.02. The van der Waals surface area contributed by atoms with E-state index in [0.717, 1.165) is 0 Å². The Labute approximate surface area is 119 Å².